The first-order chi connectivity index (χ1) is 29.4. The number of nitrogens with one attached hydrogen (secondary N) is 4. The first-order valence-electron chi connectivity index (χ1n) is 24.5. The third kappa shape index (κ3) is 14.8. The van der Waals surface area contributed by atoms with Crippen LogP contribution in [0.3, 0.4) is 0 Å². The molecule has 6 N–H and O–H groups in total. The summed E-state index contributed by atoms with van der Waals surface area (Å²) in [6.07, 6.45) is 24.7. The van der Waals surface area contributed by atoms with Gasteiger partial charge in [0.15, 0.2) is 0 Å². The SMILES string of the molecule is CCCCCCCCCCCCN(N)N(NCC(CC)CCCC)c1c(NC2CCCC2)c(NCCCC)c(N(c2ccccc2)c2ccccc2)c(N(C)C)c1NCC. The Morgan fingerprint density at radius 1 is 0.617 bits per heavy atom. The molecule has 0 radical (unpaired) electrons. The Morgan fingerprint density at radius 3 is 1.72 bits per heavy atom. The van der Waals surface area contributed by atoms with Gasteiger partial charge in [0.2, 0.25) is 0 Å². The van der Waals surface area contributed by atoms with E-state index in [1.165, 1.54) is 89.9 Å². The molecule has 9 heteroatoms. The lowest BCUT2D eigenvalue weighted by Gasteiger charge is -2.41. The third-order valence-corrected chi connectivity index (χ3v) is 12.3. The van der Waals surface area contributed by atoms with Crippen LogP contribution in [0.5, 0.6) is 0 Å². The number of hydrazine groups is 3. The Labute approximate surface area is 367 Å². The van der Waals surface area contributed by atoms with Crippen LogP contribution in [0.2, 0.25) is 0 Å². The van der Waals surface area contributed by atoms with E-state index < -0.39 is 0 Å². The van der Waals surface area contributed by atoms with E-state index in [0.717, 1.165) is 110 Å². The lowest BCUT2D eigenvalue weighted by molar-refractivity contribution is 0.210. The second-order valence-electron chi connectivity index (χ2n) is 17.4. The molecule has 3 aromatic rings. The second-order valence-corrected chi connectivity index (χ2v) is 17.4. The van der Waals surface area contributed by atoms with Gasteiger partial charge >= 0.3 is 0 Å². The summed E-state index contributed by atoms with van der Waals surface area (Å²) in [5.74, 6) is 7.95. The van der Waals surface area contributed by atoms with Crippen LogP contribution >= 0.6 is 0 Å². The van der Waals surface area contributed by atoms with Crippen LogP contribution in [-0.2, 0) is 0 Å². The van der Waals surface area contributed by atoms with E-state index in [9.17, 15) is 0 Å². The fourth-order valence-electron chi connectivity index (χ4n) is 8.78. The molecule has 60 heavy (non-hydrogen) atoms. The summed E-state index contributed by atoms with van der Waals surface area (Å²) < 4.78 is 0. The normalized spacial score (nSPS) is 13.5. The van der Waals surface area contributed by atoms with Crippen LogP contribution < -0.4 is 42.1 Å². The zero-order valence-corrected chi connectivity index (χ0v) is 39.3. The first-order valence-corrected chi connectivity index (χ1v) is 24.5. The van der Waals surface area contributed by atoms with Crippen molar-refractivity contribution in [2.75, 3.05) is 71.1 Å². The van der Waals surface area contributed by atoms with Crippen LogP contribution in [-0.4, -0.2) is 51.4 Å². The molecule has 3 aromatic carbocycles. The maximum absolute atomic E-state index is 7.40. The Kier molecular flexibility index (Phi) is 22.9. The van der Waals surface area contributed by atoms with E-state index in [0.29, 0.717) is 12.0 Å². The largest absolute Gasteiger partial charge is 0.382 e. The minimum Gasteiger partial charge on any atom is -0.382 e. The number of unbranched alkanes of at least 4 members (excludes halogenated alkanes) is 11. The van der Waals surface area contributed by atoms with E-state index in [1.807, 2.05) is 5.12 Å². The second kappa shape index (κ2) is 28.0. The van der Waals surface area contributed by atoms with Gasteiger partial charge < -0.3 is 25.8 Å². The van der Waals surface area contributed by atoms with Crippen molar-refractivity contribution < 1.29 is 0 Å². The van der Waals surface area contributed by atoms with Crippen molar-refractivity contribution in [2.45, 2.75) is 169 Å². The standard InChI is InChI=1S/C51H87N9/c1-8-13-16-17-18-19-20-21-22-31-40-58(52)60(55-41-42(11-4)32-14-9-2)49-47(56-43-33-29-30-34-43)46(54-39-15-10-3)51(50(57(6)7)48(49)53-12-5)59(44-35-25-23-26-36-44)45-37-27-24-28-38-45/h23-28,35-38,42-43,53-56H,8-22,29-34,39-41,52H2,1-7H3. The zero-order chi connectivity index (χ0) is 43.0. The van der Waals surface area contributed by atoms with Gasteiger partial charge in [-0.05, 0) is 69.2 Å². The molecule has 0 aromatic heterocycles. The number of hydrogen-bond acceptors (Lipinski definition) is 9. The summed E-state index contributed by atoms with van der Waals surface area (Å²) in [4.78, 5) is 4.76. The molecule has 4 rings (SSSR count). The molecule has 0 spiro atoms. The highest BCUT2D eigenvalue weighted by molar-refractivity contribution is 6.11. The van der Waals surface area contributed by atoms with E-state index in [2.05, 4.69) is 146 Å². The van der Waals surface area contributed by atoms with Gasteiger partial charge in [0.05, 0.1) is 28.4 Å². The minimum atomic E-state index is 0.368. The lowest BCUT2D eigenvalue weighted by Crippen LogP contribution is -2.57. The molecule has 0 saturated heterocycles. The summed E-state index contributed by atoms with van der Waals surface area (Å²) in [5.41, 5.74) is 12.8. The van der Waals surface area contributed by atoms with Gasteiger partial charge in [-0.2, -0.15) is 0 Å². The maximum Gasteiger partial charge on any atom is 0.122 e. The summed E-state index contributed by atoms with van der Waals surface area (Å²) in [5, 5.41) is 16.5. The van der Waals surface area contributed by atoms with Crippen molar-refractivity contribution >= 4 is 45.5 Å². The molecule has 0 heterocycles. The highest BCUT2D eigenvalue weighted by Crippen LogP contribution is 2.57. The highest BCUT2D eigenvalue weighted by atomic mass is 15.9. The van der Waals surface area contributed by atoms with Crippen molar-refractivity contribution in [1.29, 1.82) is 0 Å². The monoisotopic (exact) mass is 826 g/mol. The van der Waals surface area contributed by atoms with Crippen molar-refractivity contribution in [3.8, 4) is 0 Å². The van der Waals surface area contributed by atoms with Gasteiger partial charge in [0, 0.05) is 57.7 Å². The third-order valence-electron chi connectivity index (χ3n) is 12.3. The summed E-state index contributed by atoms with van der Waals surface area (Å²) in [7, 11) is 4.38. The number of nitrogens with zero attached hydrogens (tertiary/aromatic N) is 4. The molecule has 1 aliphatic carbocycles. The Balaban J connectivity index is 1.94. The van der Waals surface area contributed by atoms with E-state index in [4.69, 9.17) is 5.84 Å². The molecule has 336 valence electrons. The average Bonchev–Trinajstić information content (AvgIpc) is 3.78. The number of rotatable bonds is 32. The van der Waals surface area contributed by atoms with Gasteiger partial charge in [-0.15, -0.1) is 5.12 Å². The Bertz CT molecular complexity index is 1520. The molecule has 0 amide bonds. The van der Waals surface area contributed by atoms with Crippen LogP contribution in [0.4, 0.5) is 45.5 Å². The number of benzene rings is 3. The first kappa shape index (κ1) is 49.0. The number of anilines is 8. The molecule has 1 unspecified atom stereocenters. The smallest absolute Gasteiger partial charge is 0.122 e. The van der Waals surface area contributed by atoms with Crippen molar-refractivity contribution in [1.82, 2.24) is 10.5 Å². The van der Waals surface area contributed by atoms with Crippen LogP contribution in [0.1, 0.15) is 163 Å². The molecule has 1 saturated carbocycles. The molecule has 1 atom stereocenters. The molecule has 1 aliphatic rings. The number of para-hydroxylation sites is 2. The number of hydrogen-bond donors (Lipinski definition) is 5. The predicted octanol–water partition coefficient (Wildman–Crippen LogP) is 13.8. The maximum atomic E-state index is 7.40. The molecule has 0 aliphatic heterocycles. The molecule has 1 fully saturated rings. The quantitative estimate of drug-likeness (QED) is 0.0240. The van der Waals surface area contributed by atoms with E-state index in [1.54, 1.807) is 0 Å². The van der Waals surface area contributed by atoms with Crippen LogP contribution in [0.25, 0.3) is 0 Å². The fraction of sp³-hybridized carbons (Fsp3) is 0.647. The summed E-state index contributed by atoms with van der Waals surface area (Å²) in [6.45, 7) is 14.7. The van der Waals surface area contributed by atoms with Crippen LogP contribution in [0.15, 0.2) is 60.7 Å². The highest BCUT2D eigenvalue weighted by Gasteiger charge is 2.35. The zero-order valence-electron chi connectivity index (χ0n) is 39.3. The van der Waals surface area contributed by atoms with E-state index >= 15 is 0 Å². The molecular weight excluding hydrogens is 739 g/mol. The summed E-state index contributed by atoms with van der Waals surface area (Å²) in [6, 6.07) is 22.1. The van der Waals surface area contributed by atoms with E-state index in [-0.39, 0.29) is 0 Å². The van der Waals surface area contributed by atoms with Crippen LogP contribution in [0, 0.1) is 5.92 Å². The lowest BCUT2D eigenvalue weighted by atomic mass is 10.00. The number of nitrogens with two attached hydrogens (primary N) is 1. The van der Waals surface area contributed by atoms with Crippen molar-refractivity contribution in [2.24, 2.45) is 11.8 Å². The minimum absolute atomic E-state index is 0.368. The van der Waals surface area contributed by atoms with Crippen molar-refractivity contribution in [3.05, 3.63) is 60.7 Å². The van der Waals surface area contributed by atoms with Gasteiger partial charge in [0.1, 0.15) is 5.69 Å². The van der Waals surface area contributed by atoms with Crippen molar-refractivity contribution in [3.63, 3.8) is 0 Å². The van der Waals surface area contributed by atoms with Gasteiger partial charge in [-0.3, -0.25) is 0 Å². The average molecular weight is 826 g/mol. The Hall–Kier alpha value is -3.66. The summed E-state index contributed by atoms with van der Waals surface area (Å²) >= 11 is 0. The van der Waals surface area contributed by atoms with Gasteiger partial charge in [-0.1, -0.05) is 160 Å². The van der Waals surface area contributed by atoms with Gasteiger partial charge in [0.25, 0.3) is 0 Å². The molecule has 9 nitrogen and oxygen atoms in total. The fourth-order valence-corrected chi connectivity index (χ4v) is 8.78. The van der Waals surface area contributed by atoms with Gasteiger partial charge in [-0.25, -0.2) is 16.4 Å². The molecular formula is C51H87N9. The topological polar surface area (TPSA) is 87.1 Å². The predicted molar refractivity (Wildman–Crippen MR) is 265 cm³/mol. The Morgan fingerprint density at radius 2 is 1.18 bits per heavy atom. The molecule has 0 bridgehead atoms.